The maximum absolute atomic E-state index is 12.2. The van der Waals surface area contributed by atoms with Crippen LogP contribution in [0.1, 0.15) is 16.1 Å². The summed E-state index contributed by atoms with van der Waals surface area (Å²) < 4.78 is 0.650. The van der Waals surface area contributed by atoms with E-state index in [0.717, 1.165) is 5.69 Å². The summed E-state index contributed by atoms with van der Waals surface area (Å²) in [5.41, 5.74) is 1.54. The van der Waals surface area contributed by atoms with Gasteiger partial charge < -0.3 is 5.32 Å². The highest BCUT2D eigenvalue weighted by Gasteiger charge is 2.15. The van der Waals surface area contributed by atoms with Crippen molar-refractivity contribution in [2.75, 3.05) is 5.32 Å². The van der Waals surface area contributed by atoms with Crippen LogP contribution in [0.2, 0.25) is 0 Å². The zero-order valence-corrected chi connectivity index (χ0v) is 12.6. The number of nitro benzene ring substituents is 1. The van der Waals surface area contributed by atoms with Gasteiger partial charge in [-0.1, -0.05) is 0 Å². The number of aromatic nitrogens is 1. The molecule has 7 heteroatoms. The molecule has 1 heterocycles. The Morgan fingerprint density at radius 3 is 2.75 bits per heavy atom. The molecule has 20 heavy (non-hydrogen) atoms. The first-order chi connectivity index (χ1) is 9.47. The number of amides is 1. The maximum Gasteiger partial charge on any atom is 0.270 e. The van der Waals surface area contributed by atoms with Crippen LogP contribution in [0, 0.1) is 20.6 Å². The van der Waals surface area contributed by atoms with Gasteiger partial charge in [0.2, 0.25) is 0 Å². The van der Waals surface area contributed by atoms with Crippen LogP contribution in [0.5, 0.6) is 0 Å². The summed E-state index contributed by atoms with van der Waals surface area (Å²) in [6, 6.07) is 7.57. The normalized spacial score (nSPS) is 10.1. The molecule has 0 spiro atoms. The minimum atomic E-state index is -0.524. The Morgan fingerprint density at radius 1 is 1.35 bits per heavy atom. The third-order valence-corrected chi connectivity index (χ3v) is 3.50. The highest BCUT2D eigenvalue weighted by Crippen LogP contribution is 2.21. The minimum absolute atomic E-state index is 0.110. The summed E-state index contributed by atoms with van der Waals surface area (Å²) in [6.07, 6.45) is 1.59. The molecule has 102 valence electrons. The standard InChI is InChI=1S/C13H10IN3O3/c1-8-6-9(4-5-15-8)16-13(18)11-7-10(17(19)20)2-3-12(11)14/h2-7H,1H3,(H,15,16,18). The monoisotopic (exact) mass is 383 g/mol. The number of hydrogen-bond acceptors (Lipinski definition) is 4. The van der Waals surface area contributed by atoms with E-state index in [1.165, 1.54) is 12.1 Å². The molecule has 0 atom stereocenters. The van der Waals surface area contributed by atoms with E-state index in [2.05, 4.69) is 10.3 Å². The molecule has 1 aromatic heterocycles. The number of pyridine rings is 1. The molecule has 2 aromatic rings. The topological polar surface area (TPSA) is 85.1 Å². The Hall–Kier alpha value is -2.03. The van der Waals surface area contributed by atoms with Gasteiger partial charge in [0, 0.05) is 33.3 Å². The van der Waals surface area contributed by atoms with E-state index in [1.807, 2.05) is 29.5 Å². The fourth-order valence-electron chi connectivity index (χ4n) is 1.62. The van der Waals surface area contributed by atoms with Crippen LogP contribution in [0.3, 0.4) is 0 Å². The molecule has 1 aromatic carbocycles. The van der Waals surface area contributed by atoms with Crippen molar-refractivity contribution in [1.29, 1.82) is 0 Å². The number of anilines is 1. The number of aryl methyl sites for hydroxylation is 1. The van der Waals surface area contributed by atoms with E-state index in [1.54, 1.807) is 24.4 Å². The number of halogens is 1. The molecule has 0 aliphatic carbocycles. The maximum atomic E-state index is 12.2. The Morgan fingerprint density at radius 2 is 2.10 bits per heavy atom. The van der Waals surface area contributed by atoms with Gasteiger partial charge in [0.25, 0.3) is 11.6 Å². The number of nitrogens with zero attached hydrogens (tertiary/aromatic N) is 2. The van der Waals surface area contributed by atoms with Crippen molar-refractivity contribution in [1.82, 2.24) is 4.98 Å². The Balaban J connectivity index is 2.29. The number of carbonyl (C=O) groups is 1. The van der Waals surface area contributed by atoms with E-state index in [-0.39, 0.29) is 17.2 Å². The molecular weight excluding hydrogens is 373 g/mol. The van der Waals surface area contributed by atoms with Crippen molar-refractivity contribution in [3.8, 4) is 0 Å². The molecular formula is C13H10IN3O3. The zero-order chi connectivity index (χ0) is 14.7. The van der Waals surface area contributed by atoms with Crippen molar-refractivity contribution in [2.45, 2.75) is 6.92 Å². The SMILES string of the molecule is Cc1cc(NC(=O)c2cc([N+](=O)[O-])ccc2I)ccn1. The second-order valence-corrected chi connectivity index (χ2v) is 5.22. The van der Waals surface area contributed by atoms with Crippen molar-refractivity contribution in [2.24, 2.45) is 0 Å². The van der Waals surface area contributed by atoms with Crippen molar-refractivity contribution < 1.29 is 9.72 Å². The lowest BCUT2D eigenvalue weighted by atomic mass is 10.2. The third kappa shape index (κ3) is 3.29. The lowest BCUT2D eigenvalue weighted by molar-refractivity contribution is -0.384. The molecule has 0 unspecified atom stereocenters. The van der Waals surface area contributed by atoms with Gasteiger partial charge in [0.15, 0.2) is 0 Å². The smallest absolute Gasteiger partial charge is 0.270 e. The predicted octanol–water partition coefficient (Wildman–Crippen LogP) is 3.16. The summed E-state index contributed by atoms with van der Waals surface area (Å²) in [4.78, 5) is 26.4. The van der Waals surface area contributed by atoms with Gasteiger partial charge in [-0.3, -0.25) is 19.9 Å². The van der Waals surface area contributed by atoms with Gasteiger partial charge in [0.05, 0.1) is 10.5 Å². The molecule has 0 aliphatic rings. The number of benzene rings is 1. The number of nitrogens with one attached hydrogen (secondary N) is 1. The van der Waals surface area contributed by atoms with Crippen LogP contribution in [0.25, 0.3) is 0 Å². The second kappa shape index (κ2) is 5.95. The zero-order valence-electron chi connectivity index (χ0n) is 10.5. The number of nitro groups is 1. The Bertz CT molecular complexity index is 688. The van der Waals surface area contributed by atoms with E-state index >= 15 is 0 Å². The number of carbonyl (C=O) groups excluding carboxylic acids is 1. The fourth-order valence-corrected chi connectivity index (χ4v) is 2.20. The van der Waals surface area contributed by atoms with Gasteiger partial charge in [-0.15, -0.1) is 0 Å². The minimum Gasteiger partial charge on any atom is -0.322 e. The summed E-state index contributed by atoms with van der Waals surface area (Å²) in [5, 5.41) is 13.5. The molecule has 6 nitrogen and oxygen atoms in total. The molecule has 2 rings (SSSR count). The lowest BCUT2D eigenvalue weighted by Crippen LogP contribution is -2.14. The molecule has 0 fully saturated rings. The average Bonchev–Trinajstić information content (AvgIpc) is 2.38. The summed E-state index contributed by atoms with van der Waals surface area (Å²) in [7, 11) is 0. The second-order valence-electron chi connectivity index (χ2n) is 4.06. The van der Waals surface area contributed by atoms with E-state index < -0.39 is 4.92 Å². The molecule has 1 N–H and O–H groups in total. The van der Waals surface area contributed by atoms with Crippen LogP contribution < -0.4 is 5.32 Å². The molecule has 0 aliphatic heterocycles. The van der Waals surface area contributed by atoms with Crippen LogP contribution >= 0.6 is 22.6 Å². The number of hydrogen-bond donors (Lipinski definition) is 1. The van der Waals surface area contributed by atoms with Crippen LogP contribution in [0.15, 0.2) is 36.5 Å². The fraction of sp³-hybridized carbons (Fsp3) is 0.0769. The number of rotatable bonds is 3. The van der Waals surface area contributed by atoms with Gasteiger partial charge in [-0.25, -0.2) is 0 Å². The number of non-ortho nitro benzene ring substituents is 1. The lowest BCUT2D eigenvalue weighted by Gasteiger charge is -2.07. The van der Waals surface area contributed by atoms with Gasteiger partial charge in [0.1, 0.15) is 0 Å². The average molecular weight is 383 g/mol. The largest absolute Gasteiger partial charge is 0.322 e. The molecule has 0 saturated carbocycles. The third-order valence-electron chi connectivity index (χ3n) is 2.56. The summed E-state index contributed by atoms with van der Waals surface area (Å²) >= 11 is 1.97. The van der Waals surface area contributed by atoms with Crippen LogP contribution in [-0.4, -0.2) is 15.8 Å². The van der Waals surface area contributed by atoms with Gasteiger partial charge in [-0.05, 0) is 47.7 Å². The molecule has 0 radical (unpaired) electrons. The highest BCUT2D eigenvalue weighted by molar-refractivity contribution is 14.1. The van der Waals surface area contributed by atoms with E-state index in [4.69, 9.17) is 0 Å². The first-order valence-corrected chi connectivity index (χ1v) is 6.73. The van der Waals surface area contributed by atoms with Gasteiger partial charge in [-0.2, -0.15) is 0 Å². The predicted molar refractivity (Wildman–Crippen MR) is 82.7 cm³/mol. The van der Waals surface area contributed by atoms with E-state index in [9.17, 15) is 14.9 Å². The highest BCUT2D eigenvalue weighted by atomic mass is 127. The van der Waals surface area contributed by atoms with Crippen LogP contribution in [0.4, 0.5) is 11.4 Å². The summed E-state index contributed by atoms with van der Waals surface area (Å²) in [6.45, 7) is 1.81. The molecule has 1 amide bonds. The Labute approximate surface area is 128 Å². The van der Waals surface area contributed by atoms with Crippen molar-refractivity contribution in [3.05, 3.63) is 61.5 Å². The first kappa shape index (κ1) is 14.4. The van der Waals surface area contributed by atoms with Crippen molar-refractivity contribution in [3.63, 3.8) is 0 Å². The van der Waals surface area contributed by atoms with Crippen LogP contribution in [-0.2, 0) is 0 Å². The first-order valence-electron chi connectivity index (χ1n) is 5.65. The Kier molecular flexibility index (Phi) is 4.28. The van der Waals surface area contributed by atoms with E-state index in [0.29, 0.717) is 9.26 Å². The molecule has 0 bridgehead atoms. The van der Waals surface area contributed by atoms with Gasteiger partial charge >= 0.3 is 0 Å². The summed E-state index contributed by atoms with van der Waals surface area (Å²) in [5.74, 6) is -0.385. The van der Waals surface area contributed by atoms with Crippen molar-refractivity contribution >= 4 is 39.9 Å². The molecule has 0 saturated heterocycles. The quantitative estimate of drug-likeness (QED) is 0.501.